The SMILES string of the molecule is C#CC(CC)NC(C)c1ccc(OC)c(COC)c1. The number of hydrogen-bond acceptors (Lipinski definition) is 3. The fourth-order valence-corrected chi connectivity index (χ4v) is 2.02. The molecule has 104 valence electrons. The van der Waals surface area contributed by atoms with E-state index in [4.69, 9.17) is 15.9 Å². The first-order valence-electron chi connectivity index (χ1n) is 6.54. The topological polar surface area (TPSA) is 30.5 Å². The van der Waals surface area contributed by atoms with E-state index in [1.807, 2.05) is 6.07 Å². The van der Waals surface area contributed by atoms with Crippen molar-refractivity contribution in [1.82, 2.24) is 5.32 Å². The minimum absolute atomic E-state index is 0.1000. The van der Waals surface area contributed by atoms with Crippen LogP contribution in [-0.4, -0.2) is 20.3 Å². The minimum atomic E-state index is 0.1000. The maximum atomic E-state index is 5.48. The number of methoxy groups -OCH3 is 2. The van der Waals surface area contributed by atoms with Gasteiger partial charge in [0.25, 0.3) is 0 Å². The zero-order valence-electron chi connectivity index (χ0n) is 12.2. The summed E-state index contributed by atoms with van der Waals surface area (Å²) in [5.41, 5.74) is 2.23. The number of terminal acetylenes is 1. The molecule has 0 aliphatic carbocycles. The molecule has 0 aliphatic rings. The summed E-state index contributed by atoms with van der Waals surface area (Å²) in [6.07, 6.45) is 6.40. The second-order valence-electron chi connectivity index (χ2n) is 4.52. The fraction of sp³-hybridized carbons (Fsp3) is 0.500. The second kappa shape index (κ2) is 7.83. The van der Waals surface area contributed by atoms with Gasteiger partial charge in [-0.3, -0.25) is 5.32 Å². The molecule has 0 radical (unpaired) electrons. The van der Waals surface area contributed by atoms with E-state index in [1.54, 1.807) is 14.2 Å². The van der Waals surface area contributed by atoms with Gasteiger partial charge >= 0.3 is 0 Å². The van der Waals surface area contributed by atoms with Crippen LogP contribution in [0.4, 0.5) is 0 Å². The standard InChI is InChI=1S/C16H23NO2/c1-6-15(7-2)17-12(3)13-8-9-16(19-5)14(10-13)11-18-4/h1,8-10,12,15,17H,7,11H2,2-5H3. The van der Waals surface area contributed by atoms with E-state index in [0.29, 0.717) is 6.61 Å². The number of benzene rings is 1. The molecule has 0 heterocycles. The highest BCUT2D eigenvalue weighted by molar-refractivity contribution is 5.38. The zero-order chi connectivity index (χ0) is 14.3. The lowest BCUT2D eigenvalue weighted by Crippen LogP contribution is -2.29. The van der Waals surface area contributed by atoms with Gasteiger partial charge in [-0.25, -0.2) is 0 Å². The Morgan fingerprint density at radius 1 is 1.37 bits per heavy atom. The van der Waals surface area contributed by atoms with Crippen molar-refractivity contribution >= 4 is 0 Å². The quantitative estimate of drug-likeness (QED) is 0.766. The van der Waals surface area contributed by atoms with Gasteiger partial charge in [0, 0.05) is 18.7 Å². The summed E-state index contributed by atoms with van der Waals surface area (Å²) in [7, 11) is 3.35. The summed E-state index contributed by atoms with van der Waals surface area (Å²) in [4.78, 5) is 0. The van der Waals surface area contributed by atoms with E-state index in [9.17, 15) is 0 Å². The van der Waals surface area contributed by atoms with Crippen LogP contribution >= 0.6 is 0 Å². The molecule has 0 aromatic heterocycles. The molecular weight excluding hydrogens is 238 g/mol. The fourth-order valence-electron chi connectivity index (χ4n) is 2.02. The maximum Gasteiger partial charge on any atom is 0.124 e. The van der Waals surface area contributed by atoms with Crippen molar-refractivity contribution in [2.75, 3.05) is 14.2 Å². The molecule has 0 amide bonds. The van der Waals surface area contributed by atoms with Crippen molar-refractivity contribution in [3.8, 4) is 18.1 Å². The molecule has 3 nitrogen and oxygen atoms in total. The third kappa shape index (κ3) is 4.27. The summed E-state index contributed by atoms with van der Waals surface area (Å²) < 4.78 is 10.5. The average Bonchev–Trinajstić information content (AvgIpc) is 2.44. The van der Waals surface area contributed by atoms with Crippen molar-refractivity contribution in [3.63, 3.8) is 0 Å². The van der Waals surface area contributed by atoms with Crippen LogP contribution in [0.15, 0.2) is 18.2 Å². The van der Waals surface area contributed by atoms with Gasteiger partial charge in [-0.1, -0.05) is 18.9 Å². The Kier molecular flexibility index (Phi) is 6.41. The lowest BCUT2D eigenvalue weighted by Gasteiger charge is -2.20. The van der Waals surface area contributed by atoms with Gasteiger partial charge in [0.1, 0.15) is 5.75 Å². The predicted molar refractivity (Wildman–Crippen MR) is 78.2 cm³/mol. The van der Waals surface area contributed by atoms with Crippen LogP contribution in [0.1, 0.15) is 37.4 Å². The Balaban J connectivity index is 2.88. The van der Waals surface area contributed by atoms with Gasteiger partial charge in [0.15, 0.2) is 0 Å². The van der Waals surface area contributed by atoms with Gasteiger partial charge in [-0.2, -0.15) is 0 Å². The van der Waals surface area contributed by atoms with E-state index in [-0.39, 0.29) is 12.1 Å². The first-order valence-corrected chi connectivity index (χ1v) is 6.54. The third-order valence-electron chi connectivity index (χ3n) is 3.16. The van der Waals surface area contributed by atoms with Crippen molar-refractivity contribution in [3.05, 3.63) is 29.3 Å². The lowest BCUT2D eigenvalue weighted by atomic mass is 10.0. The molecule has 0 bridgehead atoms. The summed E-state index contributed by atoms with van der Waals surface area (Å²) in [6, 6.07) is 6.42. The monoisotopic (exact) mass is 261 g/mol. The summed E-state index contributed by atoms with van der Waals surface area (Å²) in [5.74, 6) is 3.60. The molecule has 1 rings (SSSR count). The summed E-state index contributed by atoms with van der Waals surface area (Å²) in [6.45, 7) is 4.73. The van der Waals surface area contributed by atoms with Crippen LogP contribution in [-0.2, 0) is 11.3 Å². The number of hydrogen-bond donors (Lipinski definition) is 1. The van der Waals surface area contributed by atoms with E-state index in [0.717, 1.165) is 17.7 Å². The Labute approximate surface area is 116 Å². The Hall–Kier alpha value is -1.50. The zero-order valence-corrected chi connectivity index (χ0v) is 12.2. The molecule has 1 aromatic carbocycles. The summed E-state index contributed by atoms with van der Waals surface area (Å²) in [5, 5.41) is 3.42. The summed E-state index contributed by atoms with van der Waals surface area (Å²) >= 11 is 0. The molecule has 2 atom stereocenters. The second-order valence-corrected chi connectivity index (χ2v) is 4.52. The highest BCUT2D eigenvalue weighted by Crippen LogP contribution is 2.24. The molecule has 3 heteroatoms. The van der Waals surface area contributed by atoms with Gasteiger partial charge in [0.2, 0.25) is 0 Å². The van der Waals surface area contributed by atoms with E-state index in [2.05, 4.69) is 37.2 Å². The Bertz CT molecular complexity index is 437. The van der Waals surface area contributed by atoms with Crippen molar-refractivity contribution < 1.29 is 9.47 Å². The Morgan fingerprint density at radius 3 is 2.63 bits per heavy atom. The van der Waals surface area contributed by atoms with E-state index in [1.165, 1.54) is 5.56 Å². The lowest BCUT2D eigenvalue weighted by molar-refractivity contribution is 0.181. The molecule has 19 heavy (non-hydrogen) atoms. The predicted octanol–water partition coefficient (Wildman–Crippen LogP) is 2.90. The molecule has 0 aliphatic heterocycles. The maximum absolute atomic E-state index is 5.48. The van der Waals surface area contributed by atoms with Crippen molar-refractivity contribution in [2.24, 2.45) is 0 Å². The van der Waals surface area contributed by atoms with Crippen molar-refractivity contribution in [1.29, 1.82) is 0 Å². The molecule has 2 unspecified atom stereocenters. The van der Waals surface area contributed by atoms with Crippen molar-refractivity contribution in [2.45, 2.75) is 39.0 Å². The molecule has 1 N–H and O–H groups in total. The molecule has 0 saturated heterocycles. The molecule has 0 saturated carbocycles. The molecular formula is C16H23NO2. The van der Waals surface area contributed by atoms with Gasteiger partial charge in [0.05, 0.1) is 19.8 Å². The average molecular weight is 261 g/mol. The molecule has 0 spiro atoms. The number of ether oxygens (including phenoxy) is 2. The smallest absolute Gasteiger partial charge is 0.124 e. The third-order valence-corrected chi connectivity index (χ3v) is 3.16. The first-order chi connectivity index (χ1) is 9.15. The normalized spacial score (nSPS) is 13.6. The largest absolute Gasteiger partial charge is 0.496 e. The minimum Gasteiger partial charge on any atom is -0.496 e. The van der Waals surface area contributed by atoms with Gasteiger partial charge < -0.3 is 9.47 Å². The van der Waals surface area contributed by atoms with Crippen LogP contribution in [0.2, 0.25) is 0 Å². The van der Waals surface area contributed by atoms with Crippen LogP contribution in [0.25, 0.3) is 0 Å². The highest BCUT2D eigenvalue weighted by Gasteiger charge is 2.12. The van der Waals surface area contributed by atoms with Crippen LogP contribution in [0, 0.1) is 12.3 Å². The van der Waals surface area contributed by atoms with E-state index < -0.39 is 0 Å². The van der Waals surface area contributed by atoms with Crippen LogP contribution in [0.3, 0.4) is 0 Å². The number of rotatable bonds is 7. The number of nitrogens with one attached hydrogen (secondary N) is 1. The van der Waals surface area contributed by atoms with Gasteiger partial charge in [-0.15, -0.1) is 6.42 Å². The molecule has 1 aromatic rings. The first kappa shape index (κ1) is 15.6. The Morgan fingerprint density at radius 2 is 2.11 bits per heavy atom. The van der Waals surface area contributed by atoms with Crippen LogP contribution in [0.5, 0.6) is 5.75 Å². The molecule has 0 fully saturated rings. The van der Waals surface area contributed by atoms with Crippen LogP contribution < -0.4 is 10.1 Å². The van der Waals surface area contributed by atoms with E-state index >= 15 is 0 Å². The van der Waals surface area contributed by atoms with Gasteiger partial charge in [-0.05, 0) is 31.0 Å². The highest BCUT2D eigenvalue weighted by atomic mass is 16.5.